The first-order chi connectivity index (χ1) is 7.95. The monoisotopic (exact) mass is 297 g/mol. The van der Waals surface area contributed by atoms with Gasteiger partial charge in [-0.25, -0.2) is 13.1 Å². The molecule has 0 fully saturated rings. The van der Waals surface area contributed by atoms with Crippen LogP contribution < -0.4 is 4.72 Å². The molecule has 0 unspecified atom stereocenters. The summed E-state index contributed by atoms with van der Waals surface area (Å²) in [7, 11) is -3.42. The van der Waals surface area contributed by atoms with Gasteiger partial charge in [-0.05, 0) is 30.9 Å². The van der Waals surface area contributed by atoms with Gasteiger partial charge in [0.1, 0.15) is 4.21 Å². The van der Waals surface area contributed by atoms with Crippen molar-refractivity contribution in [3.8, 4) is 0 Å². The van der Waals surface area contributed by atoms with Gasteiger partial charge in [0.15, 0.2) is 0 Å². The molecule has 7 heteroatoms. The van der Waals surface area contributed by atoms with Crippen molar-refractivity contribution in [1.29, 1.82) is 0 Å². The Labute approximate surface area is 111 Å². The van der Waals surface area contributed by atoms with Gasteiger partial charge in [0, 0.05) is 13.2 Å². The Bertz CT molecular complexity index is 444. The molecule has 1 atom stereocenters. The number of thiophene rings is 1. The van der Waals surface area contributed by atoms with Crippen LogP contribution in [0.15, 0.2) is 16.3 Å². The van der Waals surface area contributed by atoms with Crippen LogP contribution in [0.2, 0.25) is 4.34 Å². The highest BCUT2D eigenvalue weighted by Gasteiger charge is 2.15. The maximum absolute atomic E-state index is 11.8. The maximum Gasteiger partial charge on any atom is 0.250 e. The van der Waals surface area contributed by atoms with Gasteiger partial charge in [-0.15, -0.1) is 11.3 Å². The number of aliphatic hydroxyl groups excluding tert-OH is 1. The lowest BCUT2D eigenvalue weighted by molar-refractivity contribution is 0.228. The van der Waals surface area contributed by atoms with E-state index in [4.69, 9.17) is 16.7 Å². The molecule has 0 amide bonds. The van der Waals surface area contributed by atoms with Crippen molar-refractivity contribution < 1.29 is 13.5 Å². The summed E-state index contributed by atoms with van der Waals surface area (Å²) in [5.41, 5.74) is 0. The summed E-state index contributed by atoms with van der Waals surface area (Å²) >= 11 is 6.73. The van der Waals surface area contributed by atoms with Crippen molar-refractivity contribution in [3.05, 3.63) is 16.5 Å². The summed E-state index contributed by atoms with van der Waals surface area (Å²) in [6, 6.07) is 3.06. The minimum Gasteiger partial charge on any atom is -0.396 e. The molecule has 2 N–H and O–H groups in total. The van der Waals surface area contributed by atoms with E-state index in [-0.39, 0.29) is 16.7 Å². The van der Waals surface area contributed by atoms with Gasteiger partial charge in [-0.1, -0.05) is 18.5 Å². The SMILES string of the molecule is C[C@H](CO)CCCNS(=O)(=O)c1ccc(Cl)s1. The molecule has 0 aliphatic heterocycles. The quantitative estimate of drug-likeness (QED) is 0.757. The molecule has 0 aromatic carbocycles. The van der Waals surface area contributed by atoms with Crippen LogP contribution in [0.4, 0.5) is 0 Å². The molecule has 0 bridgehead atoms. The first-order valence-corrected chi connectivity index (χ1v) is 7.99. The zero-order chi connectivity index (χ0) is 12.9. The Balaban J connectivity index is 2.41. The second kappa shape index (κ2) is 6.70. The van der Waals surface area contributed by atoms with E-state index in [0.29, 0.717) is 17.3 Å². The maximum atomic E-state index is 11.8. The molecule has 1 heterocycles. The third-order valence-electron chi connectivity index (χ3n) is 2.29. The summed E-state index contributed by atoms with van der Waals surface area (Å²) < 4.78 is 26.7. The van der Waals surface area contributed by atoms with Crippen LogP contribution in [0.3, 0.4) is 0 Å². The van der Waals surface area contributed by atoms with Crippen molar-refractivity contribution >= 4 is 33.0 Å². The summed E-state index contributed by atoms with van der Waals surface area (Å²) in [4.78, 5) is 0. The van der Waals surface area contributed by atoms with Crippen LogP contribution >= 0.6 is 22.9 Å². The minimum absolute atomic E-state index is 0.132. The Morgan fingerprint density at radius 3 is 2.76 bits per heavy atom. The second-order valence-electron chi connectivity index (χ2n) is 3.89. The molecule has 1 aromatic heterocycles. The number of rotatable bonds is 7. The van der Waals surface area contributed by atoms with Crippen LogP contribution in [0.5, 0.6) is 0 Å². The largest absolute Gasteiger partial charge is 0.396 e. The highest BCUT2D eigenvalue weighted by Crippen LogP contribution is 2.25. The fourth-order valence-corrected chi connectivity index (χ4v) is 3.86. The lowest BCUT2D eigenvalue weighted by atomic mass is 10.1. The van der Waals surface area contributed by atoms with Crippen LogP contribution in [0.25, 0.3) is 0 Å². The number of hydrogen-bond acceptors (Lipinski definition) is 4. The summed E-state index contributed by atoms with van der Waals surface area (Å²) in [5.74, 6) is 0.204. The lowest BCUT2D eigenvalue weighted by Crippen LogP contribution is -2.24. The molecule has 0 aliphatic carbocycles. The van der Waals surface area contributed by atoms with Gasteiger partial charge in [0.05, 0.1) is 4.34 Å². The standard InChI is InChI=1S/C10H16ClNO3S2/c1-8(7-13)3-2-6-12-17(14,15)10-5-4-9(11)16-10/h4-5,8,12-13H,2-3,6-7H2,1H3/t8-/m0/s1. The minimum atomic E-state index is -3.42. The summed E-state index contributed by atoms with van der Waals surface area (Å²) in [6.45, 7) is 2.43. The van der Waals surface area contributed by atoms with Crippen molar-refractivity contribution in [2.75, 3.05) is 13.2 Å². The van der Waals surface area contributed by atoms with E-state index in [9.17, 15) is 8.42 Å². The fourth-order valence-electron chi connectivity index (χ4n) is 1.26. The third-order valence-corrected chi connectivity index (χ3v) is 5.47. The Morgan fingerprint density at radius 2 is 2.24 bits per heavy atom. The number of hydrogen-bond donors (Lipinski definition) is 2. The van der Waals surface area contributed by atoms with Crippen molar-refractivity contribution in [2.45, 2.75) is 24.0 Å². The summed E-state index contributed by atoms with van der Waals surface area (Å²) in [6.07, 6.45) is 1.50. The van der Waals surface area contributed by atoms with Crippen LogP contribution in [-0.4, -0.2) is 26.7 Å². The Hall–Kier alpha value is -0.140. The molecule has 0 saturated heterocycles. The van der Waals surface area contributed by atoms with E-state index in [1.807, 2.05) is 6.92 Å². The molecule has 98 valence electrons. The van der Waals surface area contributed by atoms with Crippen LogP contribution in [0, 0.1) is 5.92 Å². The smallest absolute Gasteiger partial charge is 0.250 e. The first kappa shape index (κ1) is 14.9. The van der Waals surface area contributed by atoms with E-state index in [1.54, 1.807) is 6.07 Å². The average Bonchev–Trinajstić information content (AvgIpc) is 2.71. The fraction of sp³-hybridized carbons (Fsp3) is 0.600. The number of sulfonamides is 1. The van der Waals surface area contributed by atoms with Crippen LogP contribution in [-0.2, 0) is 10.0 Å². The lowest BCUT2D eigenvalue weighted by Gasteiger charge is -2.08. The topological polar surface area (TPSA) is 66.4 Å². The van der Waals surface area contributed by atoms with Crippen molar-refractivity contribution in [1.82, 2.24) is 4.72 Å². The Kier molecular flexibility index (Phi) is 5.88. The predicted molar refractivity (Wildman–Crippen MR) is 70.0 cm³/mol. The molecular weight excluding hydrogens is 282 g/mol. The average molecular weight is 298 g/mol. The predicted octanol–water partition coefficient (Wildman–Crippen LogP) is 2.09. The van der Waals surface area contributed by atoms with Gasteiger partial charge in [0.2, 0.25) is 10.0 Å². The molecule has 0 radical (unpaired) electrons. The third kappa shape index (κ3) is 4.93. The van der Waals surface area contributed by atoms with Gasteiger partial charge >= 0.3 is 0 Å². The van der Waals surface area contributed by atoms with E-state index in [2.05, 4.69) is 4.72 Å². The zero-order valence-corrected chi connectivity index (χ0v) is 11.9. The van der Waals surface area contributed by atoms with Crippen LogP contribution in [0.1, 0.15) is 19.8 Å². The molecule has 1 aromatic rings. The zero-order valence-electron chi connectivity index (χ0n) is 9.52. The van der Waals surface area contributed by atoms with Gasteiger partial charge < -0.3 is 5.11 Å². The highest BCUT2D eigenvalue weighted by molar-refractivity contribution is 7.91. The number of nitrogens with one attached hydrogen (secondary N) is 1. The normalized spacial score (nSPS) is 13.8. The van der Waals surface area contributed by atoms with Gasteiger partial charge in [-0.3, -0.25) is 0 Å². The molecule has 4 nitrogen and oxygen atoms in total. The van der Waals surface area contributed by atoms with E-state index in [0.717, 1.165) is 17.8 Å². The number of aliphatic hydroxyl groups is 1. The molecule has 17 heavy (non-hydrogen) atoms. The molecule has 1 rings (SSSR count). The van der Waals surface area contributed by atoms with E-state index >= 15 is 0 Å². The van der Waals surface area contributed by atoms with Crippen molar-refractivity contribution in [2.24, 2.45) is 5.92 Å². The molecule has 0 spiro atoms. The molecule has 0 aliphatic rings. The Morgan fingerprint density at radius 1 is 1.53 bits per heavy atom. The highest BCUT2D eigenvalue weighted by atomic mass is 35.5. The van der Waals surface area contributed by atoms with Gasteiger partial charge in [0.25, 0.3) is 0 Å². The summed E-state index contributed by atoms with van der Waals surface area (Å²) in [5, 5.41) is 8.82. The van der Waals surface area contributed by atoms with E-state index < -0.39 is 10.0 Å². The molecule has 0 saturated carbocycles. The molecular formula is C10H16ClNO3S2. The van der Waals surface area contributed by atoms with Gasteiger partial charge in [-0.2, -0.15) is 0 Å². The second-order valence-corrected chi connectivity index (χ2v) is 7.60. The van der Waals surface area contributed by atoms with Crippen molar-refractivity contribution in [3.63, 3.8) is 0 Å². The number of halogens is 1. The van der Waals surface area contributed by atoms with E-state index in [1.165, 1.54) is 6.07 Å². The first-order valence-electron chi connectivity index (χ1n) is 5.31.